The maximum absolute atomic E-state index is 11.5. The molecule has 5 heteroatoms. The molecule has 0 aromatic carbocycles. The zero-order valence-electron chi connectivity index (χ0n) is 9.52. The molecule has 0 radical (unpaired) electrons. The third-order valence-corrected chi connectivity index (χ3v) is 2.87. The van der Waals surface area contributed by atoms with Crippen LogP contribution in [0.15, 0.2) is 11.1 Å². The first-order valence-corrected chi connectivity index (χ1v) is 5.67. The number of Topliss-reactive ketones (excluding diaryl/α,β-unsaturated/α-hetero) is 1. The number of carboxylic acid groups (broad SMARTS) is 1. The largest absolute Gasteiger partial charge is 0.481 e. The lowest BCUT2D eigenvalue weighted by atomic mass is 10.0. The summed E-state index contributed by atoms with van der Waals surface area (Å²) in [7, 11) is 0. The Bertz CT molecular complexity index is 356. The third kappa shape index (κ3) is 3.78. The van der Waals surface area contributed by atoms with Crippen LogP contribution in [0.25, 0.3) is 0 Å². The van der Waals surface area contributed by atoms with E-state index in [1.165, 1.54) is 0 Å². The lowest BCUT2D eigenvalue weighted by molar-refractivity contribution is -0.137. The van der Waals surface area contributed by atoms with Crippen LogP contribution in [0, 0.1) is 0 Å². The third-order valence-electron chi connectivity index (χ3n) is 2.87. The Hall–Kier alpha value is -1.49. The zero-order valence-corrected chi connectivity index (χ0v) is 9.52. The Labute approximate surface area is 99.1 Å². The fourth-order valence-corrected chi connectivity index (χ4v) is 1.96. The molecule has 17 heavy (non-hydrogen) atoms. The van der Waals surface area contributed by atoms with Crippen molar-refractivity contribution >= 4 is 18.0 Å². The van der Waals surface area contributed by atoms with Crippen LogP contribution in [0.4, 0.5) is 0 Å². The van der Waals surface area contributed by atoms with Crippen molar-refractivity contribution in [2.75, 3.05) is 0 Å². The number of unbranched alkanes of at least 4 members (excludes halogenated alkanes) is 2. The normalized spacial score (nSPS) is 19.8. The first-order valence-electron chi connectivity index (χ1n) is 5.67. The van der Waals surface area contributed by atoms with Gasteiger partial charge in [0, 0.05) is 24.0 Å². The highest BCUT2D eigenvalue weighted by atomic mass is 16.4. The van der Waals surface area contributed by atoms with Crippen LogP contribution in [0.3, 0.4) is 0 Å². The van der Waals surface area contributed by atoms with Gasteiger partial charge in [-0.05, 0) is 19.3 Å². The molecular weight excluding hydrogens is 224 g/mol. The first kappa shape index (κ1) is 13.6. The van der Waals surface area contributed by atoms with E-state index in [1.807, 2.05) is 0 Å². The zero-order chi connectivity index (χ0) is 12.8. The Balaban J connectivity index is 2.39. The SMILES string of the molecule is O=CC1=C(CCCCCC(=O)O)C(=O)CC1O. The highest BCUT2D eigenvalue weighted by Gasteiger charge is 2.29. The minimum atomic E-state index is -0.950. The second kappa shape index (κ2) is 6.30. The van der Waals surface area contributed by atoms with Gasteiger partial charge in [0.2, 0.25) is 0 Å². The van der Waals surface area contributed by atoms with Crippen molar-refractivity contribution in [2.45, 2.75) is 44.6 Å². The van der Waals surface area contributed by atoms with Gasteiger partial charge in [-0.25, -0.2) is 0 Å². The fraction of sp³-hybridized carbons (Fsp3) is 0.583. The van der Waals surface area contributed by atoms with Gasteiger partial charge in [0.15, 0.2) is 5.78 Å². The molecule has 0 saturated heterocycles. The van der Waals surface area contributed by atoms with Crippen LogP contribution < -0.4 is 0 Å². The second-order valence-corrected chi connectivity index (χ2v) is 4.15. The summed E-state index contributed by atoms with van der Waals surface area (Å²) in [5.41, 5.74) is 0.621. The number of hydrogen-bond donors (Lipinski definition) is 2. The summed E-state index contributed by atoms with van der Waals surface area (Å²) in [5.74, 6) is -0.997. The molecule has 1 aliphatic rings. The van der Waals surface area contributed by atoms with E-state index in [0.29, 0.717) is 37.5 Å². The Morgan fingerprint density at radius 1 is 1.35 bits per heavy atom. The van der Waals surface area contributed by atoms with E-state index in [4.69, 9.17) is 5.11 Å². The monoisotopic (exact) mass is 240 g/mol. The summed E-state index contributed by atoms with van der Waals surface area (Å²) in [4.78, 5) is 32.4. The number of allylic oxidation sites excluding steroid dienone is 1. The predicted octanol–water partition coefficient (Wildman–Crippen LogP) is 0.851. The Kier molecular flexibility index (Phi) is 5.03. The molecule has 0 bridgehead atoms. The van der Waals surface area contributed by atoms with E-state index >= 15 is 0 Å². The molecule has 0 heterocycles. The maximum atomic E-state index is 11.5. The van der Waals surface area contributed by atoms with Gasteiger partial charge in [-0.15, -0.1) is 0 Å². The first-order chi connectivity index (χ1) is 8.06. The van der Waals surface area contributed by atoms with Crippen molar-refractivity contribution in [2.24, 2.45) is 0 Å². The topological polar surface area (TPSA) is 91.7 Å². The van der Waals surface area contributed by atoms with Crippen LogP contribution in [-0.4, -0.2) is 34.4 Å². The van der Waals surface area contributed by atoms with Crippen LogP contribution >= 0.6 is 0 Å². The number of rotatable bonds is 7. The molecule has 94 valence electrons. The van der Waals surface area contributed by atoms with Crippen molar-refractivity contribution in [3.8, 4) is 0 Å². The van der Waals surface area contributed by atoms with Gasteiger partial charge < -0.3 is 10.2 Å². The second-order valence-electron chi connectivity index (χ2n) is 4.15. The van der Waals surface area contributed by atoms with Crippen molar-refractivity contribution in [3.63, 3.8) is 0 Å². The van der Waals surface area contributed by atoms with Crippen molar-refractivity contribution in [3.05, 3.63) is 11.1 Å². The van der Waals surface area contributed by atoms with Crippen LogP contribution in [-0.2, 0) is 14.4 Å². The van der Waals surface area contributed by atoms with Crippen LogP contribution in [0.1, 0.15) is 38.5 Å². The highest BCUT2D eigenvalue weighted by Crippen LogP contribution is 2.26. The molecule has 0 aromatic rings. The van der Waals surface area contributed by atoms with E-state index in [-0.39, 0.29) is 24.2 Å². The number of hydrogen-bond acceptors (Lipinski definition) is 4. The van der Waals surface area contributed by atoms with Crippen molar-refractivity contribution in [1.82, 2.24) is 0 Å². The molecule has 1 unspecified atom stereocenters. The summed E-state index contributed by atoms with van der Waals surface area (Å²) >= 11 is 0. The Morgan fingerprint density at radius 2 is 2.06 bits per heavy atom. The Morgan fingerprint density at radius 3 is 2.65 bits per heavy atom. The number of carbonyl (C=O) groups excluding carboxylic acids is 2. The number of aliphatic hydroxyl groups excluding tert-OH is 1. The molecule has 0 spiro atoms. The van der Waals surface area contributed by atoms with E-state index in [0.717, 1.165) is 0 Å². The average Bonchev–Trinajstić information content (AvgIpc) is 2.52. The molecule has 1 atom stereocenters. The van der Waals surface area contributed by atoms with Gasteiger partial charge in [-0.3, -0.25) is 14.4 Å². The van der Waals surface area contributed by atoms with Gasteiger partial charge in [0.05, 0.1) is 6.10 Å². The summed E-state index contributed by atoms with van der Waals surface area (Å²) < 4.78 is 0. The van der Waals surface area contributed by atoms with Gasteiger partial charge in [0.25, 0.3) is 0 Å². The lowest BCUT2D eigenvalue weighted by Gasteiger charge is -2.02. The minimum Gasteiger partial charge on any atom is -0.481 e. The van der Waals surface area contributed by atoms with E-state index < -0.39 is 12.1 Å². The molecule has 1 rings (SSSR count). The molecule has 0 aromatic heterocycles. The predicted molar refractivity (Wildman–Crippen MR) is 59.4 cm³/mol. The molecule has 0 fully saturated rings. The van der Waals surface area contributed by atoms with E-state index in [2.05, 4.69) is 0 Å². The number of aldehydes is 1. The lowest BCUT2D eigenvalue weighted by Crippen LogP contribution is -2.06. The molecule has 0 saturated carbocycles. The van der Waals surface area contributed by atoms with Crippen LogP contribution in [0.2, 0.25) is 0 Å². The maximum Gasteiger partial charge on any atom is 0.303 e. The molecule has 0 amide bonds. The van der Waals surface area contributed by atoms with Crippen molar-refractivity contribution in [1.29, 1.82) is 0 Å². The average molecular weight is 240 g/mol. The quantitative estimate of drug-likeness (QED) is 0.508. The standard InChI is InChI=1S/C12H16O5/c13-7-9-8(10(14)6-11(9)15)4-2-1-3-5-12(16)17/h7,11,15H,1-6H2,(H,16,17). The van der Waals surface area contributed by atoms with Crippen molar-refractivity contribution < 1.29 is 24.6 Å². The summed E-state index contributed by atoms with van der Waals surface area (Å²) in [6.07, 6.45) is 2.09. The summed E-state index contributed by atoms with van der Waals surface area (Å²) in [6.45, 7) is 0. The number of ketones is 1. The molecule has 2 N–H and O–H groups in total. The summed E-state index contributed by atoms with van der Waals surface area (Å²) in [5, 5.41) is 17.9. The van der Waals surface area contributed by atoms with Gasteiger partial charge >= 0.3 is 5.97 Å². The van der Waals surface area contributed by atoms with Gasteiger partial charge in [-0.1, -0.05) is 6.42 Å². The molecule has 5 nitrogen and oxygen atoms in total. The molecular formula is C12H16O5. The summed E-state index contributed by atoms with van der Waals surface area (Å²) in [6, 6.07) is 0. The van der Waals surface area contributed by atoms with Crippen LogP contribution in [0.5, 0.6) is 0 Å². The smallest absolute Gasteiger partial charge is 0.303 e. The number of carbonyl (C=O) groups is 3. The van der Waals surface area contributed by atoms with E-state index in [9.17, 15) is 19.5 Å². The molecule has 1 aliphatic carbocycles. The molecule has 0 aliphatic heterocycles. The van der Waals surface area contributed by atoms with Gasteiger partial charge in [-0.2, -0.15) is 0 Å². The number of aliphatic carboxylic acids is 1. The minimum absolute atomic E-state index is 0.00146. The van der Waals surface area contributed by atoms with Gasteiger partial charge in [0.1, 0.15) is 6.29 Å². The fourth-order valence-electron chi connectivity index (χ4n) is 1.96. The number of aliphatic hydroxyl groups is 1. The van der Waals surface area contributed by atoms with E-state index in [1.54, 1.807) is 0 Å². The number of carboxylic acids is 1. The highest BCUT2D eigenvalue weighted by molar-refractivity contribution is 6.05.